The Hall–Kier alpha value is -2.14. The van der Waals surface area contributed by atoms with Crippen LogP contribution in [-0.4, -0.2) is 57.0 Å². The van der Waals surface area contributed by atoms with Crippen molar-refractivity contribution in [3.05, 3.63) is 12.1 Å². The van der Waals surface area contributed by atoms with E-state index in [9.17, 15) is 9.59 Å². The molecular formula is C26H36N6O2S2. The van der Waals surface area contributed by atoms with E-state index in [1.54, 1.807) is 46.5 Å². The molecule has 2 atom stereocenters. The number of hydrogen-bond acceptors (Lipinski definition) is 8. The quantitative estimate of drug-likeness (QED) is 0.392. The third-order valence-electron chi connectivity index (χ3n) is 7.48. The number of hydrogen-bond donors (Lipinski definition) is 0. The number of carbonyl (C=O) groups is 2. The van der Waals surface area contributed by atoms with Crippen molar-refractivity contribution in [1.82, 2.24) is 20.0 Å². The van der Waals surface area contributed by atoms with Gasteiger partial charge in [-0.3, -0.25) is 9.59 Å². The molecule has 4 heterocycles. The summed E-state index contributed by atoms with van der Waals surface area (Å²) in [5.41, 5.74) is 1.68. The zero-order valence-corrected chi connectivity index (χ0v) is 23.3. The minimum absolute atomic E-state index is 0.000684. The Kier molecular flexibility index (Phi) is 7.57. The first-order chi connectivity index (χ1) is 17.4. The lowest BCUT2D eigenvalue weighted by molar-refractivity contribution is -0.121. The Morgan fingerprint density at radius 2 is 1.25 bits per heavy atom. The second-order valence-electron chi connectivity index (χ2n) is 9.88. The molecule has 2 aliphatic heterocycles. The maximum absolute atomic E-state index is 12.7. The van der Waals surface area contributed by atoms with Crippen LogP contribution < -0.4 is 10.0 Å². The molecule has 0 bridgehead atoms. The van der Waals surface area contributed by atoms with Crippen LogP contribution in [0.4, 0.5) is 10.3 Å². The number of amides is 2. The molecule has 8 nitrogen and oxygen atoms in total. The Balaban J connectivity index is 1.49. The van der Waals surface area contributed by atoms with Crippen molar-refractivity contribution in [2.75, 3.05) is 23.1 Å². The van der Waals surface area contributed by atoms with Crippen LogP contribution in [0.5, 0.6) is 0 Å². The van der Waals surface area contributed by atoms with Crippen LogP contribution in [0.25, 0.3) is 20.4 Å². The largest absolute Gasteiger partial charge is 0.273 e. The monoisotopic (exact) mass is 528 g/mol. The van der Waals surface area contributed by atoms with Gasteiger partial charge in [-0.1, -0.05) is 49.4 Å². The van der Waals surface area contributed by atoms with Crippen LogP contribution in [0.15, 0.2) is 12.1 Å². The molecule has 0 radical (unpaired) electrons. The molecule has 1 aromatic carbocycles. The Bertz CT molecular complexity index is 1110. The molecule has 2 amide bonds. The van der Waals surface area contributed by atoms with Gasteiger partial charge in [0.1, 0.15) is 0 Å². The van der Waals surface area contributed by atoms with E-state index in [1.165, 1.54) is 12.8 Å². The number of fused-ring (bicyclic) bond motifs is 2. The lowest BCUT2D eigenvalue weighted by atomic mass is 10.0. The molecule has 5 rings (SSSR count). The number of piperidine rings is 2. The van der Waals surface area contributed by atoms with E-state index in [0.29, 0.717) is 12.1 Å². The van der Waals surface area contributed by atoms with Crippen LogP contribution in [0.3, 0.4) is 0 Å². The highest BCUT2D eigenvalue weighted by Crippen LogP contribution is 2.38. The van der Waals surface area contributed by atoms with Crippen molar-refractivity contribution in [3.63, 3.8) is 0 Å². The number of nitrogens with zero attached hydrogens (tertiary/aromatic N) is 6. The molecule has 10 heteroatoms. The van der Waals surface area contributed by atoms with Gasteiger partial charge in [0.25, 0.3) is 0 Å². The number of carbonyl (C=O) groups excluding carboxylic acids is 2. The number of hydrazine groups is 2. The Morgan fingerprint density at radius 3 is 1.64 bits per heavy atom. The molecule has 0 aliphatic carbocycles. The summed E-state index contributed by atoms with van der Waals surface area (Å²) < 4.78 is 2.06. The Morgan fingerprint density at radius 1 is 0.806 bits per heavy atom. The van der Waals surface area contributed by atoms with Gasteiger partial charge in [0.05, 0.1) is 20.4 Å². The van der Waals surface area contributed by atoms with E-state index < -0.39 is 0 Å². The van der Waals surface area contributed by atoms with Crippen LogP contribution in [0, 0.1) is 0 Å². The minimum atomic E-state index is 0.000684. The third kappa shape index (κ3) is 4.76. The van der Waals surface area contributed by atoms with Crippen LogP contribution in [-0.2, 0) is 9.59 Å². The molecule has 2 aromatic heterocycles. The first-order valence-corrected chi connectivity index (χ1v) is 14.9. The lowest BCUT2D eigenvalue weighted by Crippen LogP contribution is -2.53. The fraction of sp³-hybridized carbons (Fsp3) is 0.615. The second kappa shape index (κ2) is 10.7. The zero-order valence-electron chi connectivity index (χ0n) is 21.7. The predicted octanol–water partition coefficient (Wildman–Crippen LogP) is 5.97. The van der Waals surface area contributed by atoms with E-state index in [2.05, 4.69) is 29.9 Å². The fourth-order valence-corrected chi connectivity index (χ4v) is 7.85. The zero-order chi connectivity index (χ0) is 25.4. The summed E-state index contributed by atoms with van der Waals surface area (Å²) in [7, 11) is 0. The molecule has 0 N–H and O–H groups in total. The molecule has 2 unspecified atom stereocenters. The van der Waals surface area contributed by atoms with Gasteiger partial charge >= 0.3 is 0 Å². The van der Waals surface area contributed by atoms with Gasteiger partial charge in [-0.25, -0.2) is 30.0 Å². The number of benzene rings is 1. The molecule has 2 aliphatic rings. The van der Waals surface area contributed by atoms with Gasteiger partial charge in [-0.15, -0.1) is 0 Å². The molecule has 2 fully saturated rings. The van der Waals surface area contributed by atoms with Crippen LogP contribution in [0.2, 0.25) is 0 Å². The van der Waals surface area contributed by atoms with Crippen molar-refractivity contribution in [2.45, 2.75) is 91.1 Å². The first-order valence-electron chi connectivity index (χ1n) is 13.3. The van der Waals surface area contributed by atoms with Crippen molar-refractivity contribution in [3.8, 4) is 0 Å². The van der Waals surface area contributed by atoms with E-state index in [0.717, 1.165) is 82.3 Å². The summed E-state index contributed by atoms with van der Waals surface area (Å²) in [5, 5.41) is 9.47. The summed E-state index contributed by atoms with van der Waals surface area (Å²) in [6.45, 7) is 9.39. The first kappa shape index (κ1) is 25.5. The van der Waals surface area contributed by atoms with Crippen LogP contribution >= 0.6 is 22.7 Å². The van der Waals surface area contributed by atoms with E-state index in [-0.39, 0.29) is 11.8 Å². The summed E-state index contributed by atoms with van der Waals surface area (Å²) in [5.74, 6) is 0.00137. The molecule has 36 heavy (non-hydrogen) atoms. The van der Waals surface area contributed by atoms with Gasteiger partial charge in [0.15, 0.2) is 0 Å². The third-order valence-corrected chi connectivity index (χ3v) is 9.47. The molecular weight excluding hydrogens is 492 g/mol. The van der Waals surface area contributed by atoms with Gasteiger partial charge in [0, 0.05) is 39.0 Å². The molecule has 0 saturated carbocycles. The van der Waals surface area contributed by atoms with Gasteiger partial charge in [-0.2, -0.15) is 0 Å². The topological polar surface area (TPSA) is 72.9 Å². The predicted molar refractivity (Wildman–Crippen MR) is 148 cm³/mol. The normalized spacial score (nSPS) is 21.8. The summed E-state index contributed by atoms with van der Waals surface area (Å²) in [6, 6.07) is 4.84. The highest BCUT2D eigenvalue weighted by Gasteiger charge is 2.33. The maximum Gasteiger partial charge on any atom is 0.240 e. The van der Waals surface area contributed by atoms with Crippen LogP contribution in [0.1, 0.15) is 79.1 Å². The smallest absolute Gasteiger partial charge is 0.240 e. The summed E-state index contributed by atoms with van der Waals surface area (Å²) >= 11 is 3.10. The number of aromatic nitrogens is 2. The fourth-order valence-electron chi connectivity index (χ4n) is 5.68. The lowest BCUT2D eigenvalue weighted by Gasteiger charge is -2.41. The average Bonchev–Trinajstić information content (AvgIpc) is 3.45. The minimum Gasteiger partial charge on any atom is -0.273 e. The average molecular weight is 529 g/mol. The van der Waals surface area contributed by atoms with E-state index in [1.807, 2.05) is 6.07 Å². The van der Waals surface area contributed by atoms with Crippen molar-refractivity contribution in [1.29, 1.82) is 0 Å². The van der Waals surface area contributed by atoms with Gasteiger partial charge in [-0.05, 0) is 50.7 Å². The summed E-state index contributed by atoms with van der Waals surface area (Å²) in [6.07, 6.45) is 8.84. The van der Waals surface area contributed by atoms with Crippen molar-refractivity contribution < 1.29 is 9.59 Å². The number of anilines is 2. The highest BCUT2D eigenvalue weighted by atomic mass is 32.1. The molecule has 194 valence electrons. The highest BCUT2D eigenvalue weighted by molar-refractivity contribution is 7.24. The van der Waals surface area contributed by atoms with Crippen molar-refractivity contribution in [2.24, 2.45) is 0 Å². The van der Waals surface area contributed by atoms with Crippen molar-refractivity contribution >= 4 is 65.2 Å². The number of thiazole rings is 2. The SMILES string of the molecule is CCC1CCCCN1N(C(C)=O)c1nc2cc3nc(N(C(C)=O)N4CCCCC4CC)sc3cc2s1. The molecule has 3 aromatic rings. The van der Waals surface area contributed by atoms with Gasteiger partial charge < -0.3 is 0 Å². The maximum atomic E-state index is 12.7. The summed E-state index contributed by atoms with van der Waals surface area (Å²) in [4.78, 5) is 35.3. The standard InChI is InChI=1S/C26H36N6O2S2/c1-5-19-11-7-9-13-29(19)31(17(3)33)25-27-21-15-22-24(16-23(21)35-25)36-26(28-22)32(18(4)34)30-14-10-8-12-20(30)6-2/h15-16,19-20H,5-14H2,1-4H3. The molecule has 2 saturated heterocycles. The van der Waals surface area contributed by atoms with E-state index in [4.69, 9.17) is 9.97 Å². The Labute approximate surface area is 220 Å². The second-order valence-corrected chi connectivity index (χ2v) is 11.9. The van der Waals surface area contributed by atoms with Gasteiger partial charge in [0.2, 0.25) is 22.1 Å². The number of rotatable bonds is 6. The van der Waals surface area contributed by atoms with E-state index >= 15 is 0 Å². The molecule has 0 spiro atoms.